The van der Waals surface area contributed by atoms with Crippen molar-refractivity contribution in [1.82, 2.24) is 0 Å². The minimum Gasteiger partial charge on any atom is -0.325 e. The summed E-state index contributed by atoms with van der Waals surface area (Å²) in [5, 5.41) is 11.2. The van der Waals surface area contributed by atoms with Crippen molar-refractivity contribution in [2.45, 2.75) is 13.8 Å². The number of carbonyl (C=O) groups excluding carboxylic acids is 1. The second-order valence-corrected chi connectivity index (χ2v) is 4.50. The maximum absolute atomic E-state index is 11.5. The van der Waals surface area contributed by atoms with Gasteiger partial charge in [0.15, 0.2) is 0 Å². The van der Waals surface area contributed by atoms with Crippen LogP contribution in [0.2, 0.25) is 0 Å². The lowest BCUT2D eigenvalue weighted by Crippen LogP contribution is -2.15. The molecular weight excluding hydrogens is 220 g/mol. The highest BCUT2D eigenvalue weighted by molar-refractivity contribution is 8.00. The Morgan fingerprint density at radius 1 is 1.50 bits per heavy atom. The molecule has 1 rings (SSSR count). The molecule has 84 valence electrons. The summed E-state index contributed by atoms with van der Waals surface area (Å²) in [6, 6.07) is 7.93. The molecule has 1 aromatic rings. The minimum absolute atomic E-state index is 0.0612. The lowest BCUT2D eigenvalue weighted by molar-refractivity contribution is -0.113. The average Bonchev–Trinajstić information content (AvgIpc) is 2.24. The molecule has 1 amide bonds. The highest BCUT2D eigenvalue weighted by Gasteiger charge is 2.04. The number of carbonyl (C=O) groups is 1. The van der Waals surface area contributed by atoms with Gasteiger partial charge in [0.2, 0.25) is 5.91 Å². The van der Waals surface area contributed by atoms with Crippen molar-refractivity contribution in [3.63, 3.8) is 0 Å². The van der Waals surface area contributed by atoms with E-state index in [1.165, 1.54) is 11.8 Å². The number of benzene rings is 1. The summed E-state index contributed by atoms with van der Waals surface area (Å²) in [6.45, 7) is 3.94. The molecule has 0 saturated carbocycles. The highest BCUT2D eigenvalue weighted by atomic mass is 32.2. The fourth-order valence-electron chi connectivity index (χ4n) is 1.25. The molecule has 0 unspecified atom stereocenters. The molecule has 1 aromatic carbocycles. The lowest BCUT2D eigenvalue weighted by atomic mass is 10.1. The predicted molar refractivity (Wildman–Crippen MR) is 67.5 cm³/mol. The fraction of sp³-hybridized carbons (Fsp3) is 0.333. The van der Waals surface area contributed by atoms with Gasteiger partial charge < -0.3 is 5.32 Å². The van der Waals surface area contributed by atoms with E-state index in [9.17, 15) is 4.79 Å². The van der Waals surface area contributed by atoms with Gasteiger partial charge in [-0.25, -0.2) is 0 Å². The lowest BCUT2D eigenvalue weighted by Gasteiger charge is -2.08. The van der Waals surface area contributed by atoms with E-state index in [0.717, 1.165) is 16.8 Å². The molecule has 0 aromatic heterocycles. The number of nitriles is 1. The van der Waals surface area contributed by atoms with E-state index in [-0.39, 0.29) is 5.91 Å². The number of nitrogens with zero attached hydrogens (tertiary/aromatic N) is 1. The molecule has 0 atom stereocenters. The first-order valence-electron chi connectivity index (χ1n) is 4.95. The summed E-state index contributed by atoms with van der Waals surface area (Å²) in [5.74, 6) is 0.607. The third kappa shape index (κ3) is 3.95. The monoisotopic (exact) mass is 234 g/mol. The van der Waals surface area contributed by atoms with Crippen molar-refractivity contribution in [2.75, 3.05) is 16.8 Å². The third-order valence-corrected chi connectivity index (χ3v) is 2.87. The molecule has 0 bridgehead atoms. The van der Waals surface area contributed by atoms with Crippen molar-refractivity contribution in [3.8, 4) is 6.07 Å². The summed E-state index contributed by atoms with van der Waals surface area (Å²) in [7, 11) is 0. The normalized spacial score (nSPS) is 9.56. The Kier molecular flexibility index (Phi) is 4.87. The van der Waals surface area contributed by atoms with Crippen LogP contribution in [0.25, 0.3) is 0 Å². The van der Waals surface area contributed by atoms with Gasteiger partial charge in [0.05, 0.1) is 17.6 Å². The number of hydrogen-bond donors (Lipinski definition) is 1. The summed E-state index contributed by atoms with van der Waals surface area (Å²) in [5.41, 5.74) is 3.01. The van der Waals surface area contributed by atoms with Gasteiger partial charge in [-0.2, -0.15) is 5.26 Å². The molecule has 3 nitrogen and oxygen atoms in total. The molecule has 0 aliphatic carbocycles. The Bertz CT molecular complexity index is 424. The van der Waals surface area contributed by atoms with Gasteiger partial charge in [-0.3, -0.25) is 4.79 Å². The topological polar surface area (TPSA) is 52.9 Å². The van der Waals surface area contributed by atoms with E-state index >= 15 is 0 Å². The van der Waals surface area contributed by atoms with Crippen LogP contribution in [-0.4, -0.2) is 17.4 Å². The Morgan fingerprint density at radius 2 is 2.25 bits per heavy atom. The van der Waals surface area contributed by atoms with E-state index in [4.69, 9.17) is 5.26 Å². The molecule has 0 aliphatic heterocycles. The molecule has 16 heavy (non-hydrogen) atoms. The smallest absolute Gasteiger partial charge is 0.234 e. The molecule has 0 saturated heterocycles. The zero-order valence-corrected chi connectivity index (χ0v) is 10.2. The molecule has 0 radical (unpaired) electrons. The van der Waals surface area contributed by atoms with Gasteiger partial charge in [0.1, 0.15) is 0 Å². The molecule has 0 heterocycles. The second-order valence-electron chi connectivity index (χ2n) is 3.52. The van der Waals surface area contributed by atoms with Crippen LogP contribution in [0.3, 0.4) is 0 Å². The quantitative estimate of drug-likeness (QED) is 0.814. The number of anilines is 1. The minimum atomic E-state index is -0.0612. The summed E-state index contributed by atoms with van der Waals surface area (Å²) in [6.07, 6.45) is 0. The largest absolute Gasteiger partial charge is 0.325 e. The van der Waals surface area contributed by atoms with Crippen molar-refractivity contribution in [3.05, 3.63) is 29.3 Å². The van der Waals surface area contributed by atoms with Crippen LogP contribution in [0.4, 0.5) is 5.69 Å². The van der Waals surface area contributed by atoms with Crippen molar-refractivity contribution in [2.24, 2.45) is 0 Å². The number of amides is 1. The van der Waals surface area contributed by atoms with E-state index in [0.29, 0.717) is 11.5 Å². The maximum Gasteiger partial charge on any atom is 0.234 e. The number of nitrogens with one attached hydrogen (secondary N) is 1. The maximum atomic E-state index is 11.5. The first-order chi connectivity index (χ1) is 7.63. The number of aryl methyl sites for hydroxylation is 2. The zero-order chi connectivity index (χ0) is 12.0. The van der Waals surface area contributed by atoms with Crippen LogP contribution in [-0.2, 0) is 4.79 Å². The Hall–Kier alpha value is -1.47. The fourth-order valence-corrected chi connectivity index (χ4v) is 1.70. The highest BCUT2D eigenvalue weighted by Crippen LogP contribution is 2.16. The molecule has 1 N–H and O–H groups in total. The van der Waals surface area contributed by atoms with E-state index in [1.807, 2.05) is 38.1 Å². The van der Waals surface area contributed by atoms with Gasteiger partial charge in [-0.05, 0) is 31.0 Å². The average molecular weight is 234 g/mol. The SMILES string of the molecule is Cc1ccc(C)c(NC(=O)CSCC#N)c1. The number of rotatable bonds is 4. The third-order valence-electron chi connectivity index (χ3n) is 2.07. The van der Waals surface area contributed by atoms with Gasteiger partial charge >= 0.3 is 0 Å². The van der Waals surface area contributed by atoms with Gasteiger partial charge in [0.25, 0.3) is 0 Å². The van der Waals surface area contributed by atoms with Crippen LogP contribution in [0.5, 0.6) is 0 Å². The molecule has 0 aliphatic rings. The zero-order valence-electron chi connectivity index (χ0n) is 9.41. The van der Waals surface area contributed by atoms with E-state index in [2.05, 4.69) is 5.32 Å². The van der Waals surface area contributed by atoms with Crippen LogP contribution in [0.15, 0.2) is 18.2 Å². The predicted octanol–water partition coefficient (Wildman–Crippen LogP) is 2.50. The Labute approximate surface area is 99.8 Å². The molecular formula is C12H14N2OS. The van der Waals surface area contributed by atoms with E-state index < -0.39 is 0 Å². The Morgan fingerprint density at radius 3 is 2.94 bits per heavy atom. The second kappa shape index (κ2) is 6.19. The summed E-state index contributed by atoms with van der Waals surface area (Å²) in [4.78, 5) is 11.5. The van der Waals surface area contributed by atoms with Crippen LogP contribution >= 0.6 is 11.8 Å². The first-order valence-corrected chi connectivity index (χ1v) is 6.10. The summed E-state index contributed by atoms with van der Waals surface area (Å²) >= 11 is 1.32. The Balaban J connectivity index is 2.56. The van der Waals surface area contributed by atoms with Gasteiger partial charge in [-0.1, -0.05) is 12.1 Å². The van der Waals surface area contributed by atoms with Gasteiger partial charge in [-0.15, -0.1) is 11.8 Å². The molecule has 0 fully saturated rings. The summed E-state index contributed by atoms with van der Waals surface area (Å²) < 4.78 is 0. The number of hydrogen-bond acceptors (Lipinski definition) is 3. The van der Waals surface area contributed by atoms with Crippen molar-refractivity contribution >= 4 is 23.4 Å². The van der Waals surface area contributed by atoms with Crippen LogP contribution in [0, 0.1) is 25.2 Å². The number of thioether (sulfide) groups is 1. The molecule has 0 spiro atoms. The first kappa shape index (κ1) is 12.6. The van der Waals surface area contributed by atoms with Crippen LogP contribution < -0.4 is 5.32 Å². The molecule has 4 heteroatoms. The van der Waals surface area contributed by atoms with Crippen molar-refractivity contribution < 1.29 is 4.79 Å². The van der Waals surface area contributed by atoms with E-state index in [1.54, 1.807) is 0 Å². The van der Waals surface area contributed by atoms with Crippen molar-refractivity contribution in [1.29, 1.82) is 5.26 Å². The van der Waals surface area contributed by atoms with Crippen LogP contribution in [0.1, 0.15) is 11.1 Å². The standard InChI is InChI=1S/C12H14N2OS/c1-9-3-4-10(2)11(7-9)14-12(15)8-16-6-5-13/h3-4,7H,6,8H2,1-2H3,(H,14,15). The van der Waals surface area contributed by atoms with Gasteiger partial charge in [0, 0.05) is 5.69 Å².